The SMILES string of the molecule is CCc1cc(C[C@@H]2CCCN2C[C@@H](O)CO[C@H](CC)c2cccc(F)c2CCC(=O)O)ccc1Cl. The first kappa shape index (κ1) is 27.6. The van der Waals surface area contributed by atoms with Crippen LogP contribution in [0.2, 0.25) is 5.02 Å². The third-order valence-electron chi connectivity index (χ3n) is 6.86. The second-order valence-electron chi connectivity index (χ2n) is 9.36. The van der Waals surface area contributed by atoms with E-state index in [9.17, 15) is 14.3 Å². The summed E-state index contributed by atoms with van der Waals surface area (Å²) in [6.07, 6.45) is 3.50. The Bertz CT molecular complexity index is 985. The molecule has 0 spiro atoms. The van der Waals surface area contributed by atoms with Gasteiger partial charge in [0.05, 0.1) is 18.8 Å². The molecule has 0 unspecified atom stereocenters. The molecule has 5 nitrogen and oxygen atoms in total. The van der Waals surface area contributed by atoms with Crippen LogP contribution in [-0.4, -0.2) is 52.9 Å². The molecule has 1 saturated heterocycles. The number of hydrogen-bond acceptors (Lipinski definition) is 4. The van der Waals surface area contributed by atoms with Crippen molar-refractivity contribution in [2.75, 3.05) is 19.7 Å². The maximum Gasteiger partial charge on any atom is 0.303 e. The fourth-order valence-electron chi connectivity index (χ4n) is 5.02. The van der Waals surface area contributed by atoms with E-state index in [-0.39, 0.29) is 19.4 Å². The molecular weight excluding hydrogens is 469 g/mol. The minimum atomic E-state index is -0.965. The summed E-state index contributed by atoms with van der Waals surface area (Å²) in [4.78, 5) is 13.3. The Hall–Kier alpha value is -1.99. The van der Waals surface area contributed by atoms with Gasteiger partial charge in [-0.15, -0.1) is 0 Å². The van der Waals surface area contributed by atoms with Crippen molar-refractivity contribution in [1.82, 2.24) is 4.90 Å². The molecule has 3 rings (SSSR count). The van der Waals surface area contributed by atoms with Crippen molar-refractivity contribution in [3.8, 4) is 0 Å². The van der Waals surface area contributed by atoms with Gasteiger partial charge in [0.1, 0.15) is 5.82 Å². The molecule has 0 bridgehead atoms. The molecule has 3 atom stereocenters. The second-order valence-corrected chi connectivity index (χ2v) is 9.77. The van der Waals surface area contributed by atoms with Crippen LogP contribution in [0.15, 0.2) is 36.4 Å². The van der Waals surface area contributed by atoms with E-state index in [0.29, 0.717) is 30.1 Å². The number of carboxylic acid groups (broad SMARTS) is 1. The van der Waals surface area contributed by atoms with Crippen LogP contribution in [0.4, 0.5) is 4.39 Å². The largest absolute Gasteiger partial charge is 0.481 e. The third kappa shape index (κ3) is 7.74. The van der Waals surface area contributed by atoms with E-state index in [4.69, 9.17) is 21.4 Å². The van der Waals surface area contributed by atoms with Crippen molar-refractivity contribution in [2.24, 2.45) is 0 Å². The van der Waals surface area contributed by atoms with E-state index in [0.717, 1.165) is 42.8 Å². The predicted octanol–water partition coefficient (Wildman–Crippen LogP) is 5.59. The Labute approximate surface area is 212 Å². The second kappa shape index (κ2) is 13.4. The number of β-amino-alcohol motifs (C(OH)–C–C–N with tert-alkyl or cyclic N) is 1. The number of aliphatic hydroxyl groups is 1. The number of carbonyl (C=O) groups is 1. The number of halogens is 2. The van der Waals surface area contributed by atoms with Crippen molar-refractivity contribution in [2.45, 2.75) is 77.0 Å². The number of aliphatic carboxylic acids is 1. The lowest BCUT2D eigenvalue weighted by Gasteiger charge is -2.28. The van der Waals surface area contributed by atoms with Crippen molar-refractivity contribution in [3.05, 3.63) is 69.5 Å². The molecule has 2 N–H and O–H groups in total. The molecule has 0 amide bonds. The number of ether oxygens (including phenoxy) is 1. The summed E-state index contributed by atoms with van der Waals surface area (Å²) >= 11 is 6.27. The zero-order chi connectivity index (χ0) is 25.4. The van der Waals surface area contributed by atoms with Crippen LogP contribution < -0.4 is 0 Å². The van der Waals surface area contributed by atoms with Crippen molar-refractivity contribution in [3.63, 3.8) is 0 Å². The van der Waals surface area contributed by atoms with Gasteiger partial charge in [0.25, 0.3) is 0 Å². The first-order valence-electron chi connectivity index (χ1n) is 12.6. The molecule has 1 heterocycles. The normalized spacial score (nSPS) is 18.0. The molecular formula is C28H37ClFNO4. The lowest BCUT2D eigenvalue weighted by molar-refractivity contribution is -0.136. The van der Waals surface area contributed by atoms with Crippen molar-refractivity contribution < 1.29 is 24.1 Å². The molecule has 0 aromatic heterocycles. The van der Waals surface area contributed by atoms with Gasteiger partial charge in [-0.05, 0) is 79.5 Å². The predicted molar refractivity (Wildman–Crippen MR) is 136 cm³/mol. The lowest BCUT2D eigenvalue weighted by atomic mass is 9.96. The first-order valence-corrected chi connectivity index (χ1v) is 13.0. The van der Waals surface area contributed by atoms with Crippen LogP contribution in [0.25, 0.3) is 0 Å². The molecule has 0 radical (unpaired) electrons. The van der Waals surface area contributed by atoms with E-state index in [1.807, 2.05) is 13.0 Å². The van der Waals surface area contributed by atoms with Gasteiger partial charge in [-0.25, -0.2) is 4.39 Å². The minimum absolute atomic E-state index is 0.111. The zero-order valence-corrected chi connectivity index (χ0v) is 21.4. The van der Waals surface area contributed by atoms with Crippen LogP contribution in [0.5, 0.6) is 0 Å². The summed E-state index contributed by atoms with van der Waals surface area (Å²) in [5.74, 6) is -1.38. The summed E-state index contributed by atoms with van der Waals surface area (Å²) < 4.78 is 20.5. The number of rotatable bonds is 13. The minimum Gasteiger partial charge on any atom is -0.481 e. The summed E-state index contributed by atoms with van der Waals surface area (Å²) in [5, 5.41) is 20.6. The molecule has 2 aromatic rings. The first-order chi connectivity index (χ1) is 16.8. The smallest absolute Gasteiger partial charge is 0.303 e. The van der Waals surface area contributed by atoms with Gasteiger partial charge in [-0.3, -0.25) is 9.69 Å². The summed E-state index contributed by atoms with van der Waals surface area (Å²) in [6, 6.07) is 11.4. The Morgan fingerprint density at radius 2 is 2.09 bits per heavy atom. The van der Waals surface area contributed by atoms with E-state index in [1.165, 1.54) is 11.6 Å². The molecule has 7 heteroatoms. The Kier molecular flexibility index (Phi) is 10.5. The fraction of sp³-hybridized carbons (Fsp3) is 0.536. The van der Waals surface area contributed by atoms with Gasteiger partial charge < -0.3 is 14.9 Å². The monoisotopic (exact) mass is 505 g/mol. The van der Waals surface area contributed by atoms with Gasteiger partial charge in [0.2, 0.25) is 0 Å². The van der Waals surface area contributed by atoms with E-state index in [1.54, 1.807) is 12.1 Å². The number of nitrogens with zero attached hydrogens (tertiary/aromatic N) is 1. The van der Waals surface area contributed by atoms with Crippen LogP contribution >= 0.6 is 11.6 Å². The van der Waals surface area contributed by atoms with E-state index in [2.05, 4.69) is 24.0 Å². The summed E-state index contributed by atoms with van der Waals surface area (Å²) in [5.41, 5.74) is 3.47. The highest BCUT2D eigenvalue weighted by Gasteiger charge is 2.27. The van der Waals surface area contributed by atoms with Crippen LogP contribution in [-0.2, 0) is 28.8 Å². The van der Waals surface area contributed by atoms with Gasteiger partial charge in [-0.2, -0.15) is 0 Å². The number of carboxylic acids is 1. The molecule has 1 aliphatic rings. The molecule has 1 aliphatic heterocycles. The van der Waals surface area contributed by atoms with Crippen molar-refractivity contribution in [1.29, 1.82) is 0 Å². The number of hydrogen-bond donors (Lipinski definition) is 2. The maximum absolute atomic E-state index is 14.4. The highest BCUT2D eigenvalue weighted by molar-refractivity contribution is 6.31. The Morgan fingerprint density at radius 1 is 1.29 bits per heavy atom. The van der Waals surface area contributed by atoms with E-state index < -0.39 is 24.0 Å². The Morgan fingerprint density at radius 3 is 2.80 bits per heavy atom. The van der Waals surface area contributed by atoms with Gasteiger partial charge in [0, 0.05) is 24.0 Å². The summed E-state index contributed by atoms with van der Waals surface area (Å²) in [6.45, 7) is 5.64. The fourth-order valence-corrected chi connectivity index (χ4v) is 5.27. The molecule has 2 aromatic carbocycles. The van der Waals surface area contributed by atoms with Crippen LogP contribution in [0, 0.1) is 5.82 Å². The third-order valence-corrected chi connectivity index (χ3v) is 7.23. The molecule has 0 aliphatic carbocycles. The van der Waals surface area contributed by atoms with Gasteiger partial charge >= 0.3 is 5.97 Å². The zero-order valence-electron chi connectivity index (χ0n) is 20.7. The van der Waals surface area contributed by atoms with Gasteiger partial charge in [0.15, 0.2) is 0 Å². The number of likely N-dealkylation sites (tertiary alicyclic amines) is 1. The molecule has 1 fully saturated rings. The average Bonchev–Trinajstić information content (AvgIpc) is 3.26. The van der Waals surface area contributed by atoms with Crippen LogP contribution in [0.3, 0.4) is 0 Å². The molecule has 0 saturated carbocycles. The quantitative estimate of drug-likeness (QED) is 0.371. The summed E-state index contributed by atoms with van der Waals surface area (Å²) in [7, 11) is 0. The molecule has 192 valence electrons. The average molecular weight is 506 g/mol. The number of aryl methyl sites for hydroxylation is 1. The number of aliphatic hydroxyl groups excluding tert-OH is 1. The topological polar surface area (TPSA) is 70.0 Å². The van der Waals surface area contributed by atoms with Crippen LogP contribution in [0.1, 0.15) is 67.9 Å². The standard InChI is InChI=1S/C28H37ClFNO4/c1-3-20-15-19(10-12-25(20)29)16-21-7-6-14-31(21)17-22(32)18-35-27(4-2)24-8-5-9-26(30)23(24)11-13-28(33)34/h5,8-10,12,15,21-22,27,32H,3-4,6-7,11,13-14,16-18H2,1-2H3,(H,33,34)/t21-,22+,27+/m0/s1. The highest BCUT2D eigenvalue weighted by Crippen LogP contribution is 2.28. The van der Waals surface area contributed by atoms with Gasteiger partial charge in [-0.1, -0.05) is 49.7 Å². The highest BCUT2D eigenvalue weighted by atomic mass is 35.5. The number of benzene rings is 2. The van der Waals surface area contributed by atoms with E-state index >= 15 is 0 Å². The Balaban J connectivity index is 1.58. The molecule has 35 heavy (non-hydrogen) atoms. The lowest BCUT2D eigenvalue weighted by Crippen LogP contribution is -2.39. The van der Waals surface area contributed by atoms with Crippen molar-refractivity contribution >= 4 is 17.6 Å². The maximum atomic E-state index is 14.4.